The van der Waals surface area contributed by atoms with E-state index in [9.17, 15) is 14.7 Å². The predicted molar refractivity (Wildman–Crippen MR) is 147 cm³/mol. The summed E-state index contributed by atoms with van der Waals surface area (Å²) in [7, 11) is 7.03. The molecule has 37 heavy (non-hydrogen) atoms. The number of Topliss-reactive ketones (excluding diaryl/α,β-unsaturated/α-hetero) is 1. The topological polar surface area (TPSA) is 79.3 Å². The summed E-state index contributed by atoms with van der Waals surface area (Å²) in [5, 5.41) is 11.2. The number of ether oxygens (including phenoxy) is 2. The summed E-state index contributed by atoms with van der Waals surface area (Å²) in [5.74, 6) is -0.327. The van der Waals surface area contributed by atoms with Gasteiger partial charge in [-0.15, -0.1) is 0 Å². The van der Waals surface area contributed by atoms with E-state index in [0.717, 1.165) is 21.3 Å². The third kappa shape index (κ3) is 5.34. The number of nitrogens with zero attached hydrogens (tertiary/aromatic N) is 2. The zero-order valence-electron chi connectivity index (χ0n) is 21.2. The van der Waals surface area contributed by atoms with Crippen molar-refractivity contribution in [2.45, 2.75) is 12.5 Å². The molecule has 1 aliphatic heterocycles. The van der Waals surface area contributed by atoms with Crippen LogP contribution in [-0.4, -0.2) is 56.6 Å². The van der Waals surface area contributed by atoms with Gasteiger partial charge in [0.25, 0.3) is 11.7 Å². The molecular formula is C29H29BrN2O5. The van der Waals surface area contributed by atoms with Crippen LogP contribution in [0.15, 0.2) is 76.8 Å². The van der Waals surface area contributed by atoms with Crippen molar-refractivity contribution in [1.82, 2.24) is 4.90 Å². The van der Waals surface area contributed by atoms with Crippen molar-refractivity contribution in [1.29, 1.82) is 0 Å². The van der Waals surface area contributed by atoms with Gasteiger partial charge in [0.15, 0.2) is 11.5 Å². The van der Waals surface area contributed by atoms with E-state index >= 15 is 0 Å². The third-order valence-electron chi connectivity index (χ3n) is 6.47. The third-order valence-corrected chi connectivity index (χ3v) is 7.00. The van der Waals surface area contributed by atoms with Gasteiger partial charge in [0, 0.05) is 36.4 Å². The highest BCUT2D eigenvalue weighted by Crippen LogP contribution is 2.40. The molecule has 1 saturated heterocycles. The van der Waals surface area contributed by atoms with Gasteiger partial charge in [-0.2, -0.15) is 0 Å². The van der Waals surface area contributed by atoms with Crippen LogP contribution in [0.3, 0.4) is 0 Å². The highest BCUT2D eigenvalue weighted by molar-refractivity contribution is 9.10. The van der Waals surface area contributed by atoms with Gasteiger partial charge in [0.2, 0.25) is 0 Å². The molecule has 0 spiro atoms. The van der Waals surface area contributed by atoms with Gasteiger partial charge in [0.05, 0.1) is 25.8 Å². The lowest BCUT2D eigenvalue weighted by molar-refractivity contribution is -0.139. The molecule has 1 atom stereocenters. The minimum atomic E-state index is -0.722. The lowest BCUT2D eigenvalue weighted by atomic mass is 9.95. The van der Waals surface area contributed by atoms with Crippen LogP contribution < -0.4 is 14.4 Å². The fourth-order valence-electron chi connectivity index (χ4n) is 4.46. The Morgan fingerprint density at radius 3 is 2.19 bits per heavy atom. The summed E-state index contributed by atoms with van der Waals surface area (Å²) in [6, 6.07) is 19.5. The van der Waals surface area contributed by atoms with E-state index in [2.05, 4.69) is 15.9 Å². The number of likely N-dealkylation sites (tertiary alicyclic amines) is 1. The predicted octanol–water partition coefficient (Wildman–Crippen LogP) is 5.20. The van der Waals surface area contributed by atoms with Crippen LogP contribution in [0.25, 0.3) is 5.76 Å². The van der Waals surface area contributed by atoms with E-state index in [1.807, 2.05) is 61.5 Å². The zero-order chi connectivity index (χ0) is 26.7. The molecule has 1 fully saturated rings. The number of hydrogen-bond donors (Lipinski definition) is 1. The van der Waals surface area contributed by atoms with Gasteiger partial charge in [-0.1, -0.05) is 46.3 Å². The fraction of sp³-hybridized carbons (Fsp3) is 0.241. The Morgan fingerprint density at radius 2 is 1.59 bits per heavy atom. The molecular weight excluding hydrogens is 536 g/mol. The summed E-state index contributed by atoms with van der Waals surface area (Å²) in [6.45, 7) is 0.275. The summed E-state index contributed by atoms with van der Waals surface area (Å²) in [6.07, 6.45) is 0.484. The number of aliphatic hydroxyl groups excluding tert-OH is 1. The molecule has 0 radical (unpaired) electrons. The highest BCUT2D eigenvalue weighted by atomic mass is 79.9. The SMILES string of the molecule is COc1ccc(CCN2C(=O)C(=O)/C(=C(\O)c3ccc(Br)cc3)C2c2ccc(N(C)C)cc2)cc1OC. The molecule has 8 heteroatoms. The van der Waals surface area contributed by atoms with Crippen molar-refractivity contribution in [2.75, 3.05) is 39.8 Å². The largest absolute Gasteiger partial charge is 0.507 e. The minimum absolute atomic E-state index is 0.0808. The van der Waals surface area contributed by atoms with Crippen LogP contribution in [0.4, 0.5) is 5.69 Å². The lowest BCUT2D eigenvalue weighted by Crippen LogP contribution is -2.31. The van der Waals surface area contributed by atoms with E-state index in [1.54, 1.807) is 38.5 Å². The molecule has 1 amide bonds. The second-order valence-corrected chi connectivity index (χ2v) is 9.84. The van der Waals surface area contributed by atoms with Crippen molar-refractivity contribution < 1.29 is 24.2 Å². The van der Waals surface area contributed by atoms with Crippen LogP contribution in [0, 0.1) is 0 Å². The standard InChI is InChI=1S/C29H29BrN2O5/c1-31(2)22-12-8-19(9-13-22)26-25(27(33)20-6-10-21(30)11-7-20)28(34)29(35)32(26)16-15-18-5-14-23(36-3)24(17-18)37-4/h5-14,17,26,33H,15-16H2,1-4H3/b27-25-. The molecule has 0 saturated carbocycles. The maximum atomic E-state index is 13.3. The first-order valence-corrected chi connectivity index (χ1v) is 12.6. The van der Waals surface area contributed by atoms with Gasteiger partial charge in [-0.25, -0.2) is 0 Å². The van der Waals surface area contributed by atoms with Crippen molar-refractivity contribution in [3.8, 4) is 11.5 Å². The number of carbonyl (C=O) groups excluding carboxylic acids is 2. The van der Waals surface area contributed by atoms with Crippen molar-refractivity contribution >= 4 is 39.1 Å². The van der Waals surface area contributed by atoms with Gasteiger partial charge in [0.1, 0.15) is 5.76 Å². The average molecular weight is 565 g/mol. The van der Waals surface area contributed by atoms with Crippen molar-refractivity contribution in [3.05, 3.63) is 93.5 Å². The molecule has 3 aromatic carbocycles. The number of aliphatic hydroxyl groups is 1. The van der Waals surface area contributed by atoms with E-state index in [4.69, 9.17) is 9.47 Å². The second kappa shape index (κ2) is 11.1. The molecule has 7 nitrogen and oxygen atoms in total. The summed E-state index contributed by atoms with van der Waals surface area (Å²) >= 11 is 3.39. The van der Waals surface area contributed by atoms with E-state index < -0.39 is 17.7 Å². The Kier molecular flexibility index (Phi) is 7.88. The molecule has 4 rings (SSSR count). The van der Waals surface area contributed by atoms with Crippen molar-refractivity contribution in [3.63, 3.8) is 0 Å². The number of amides is 1. The summed E-state index contributed by atoms with van der Waals surface area (Å²) in [5.41, 5.74) is 3.21. The molecule has 0 bridgehead atoms. The average Bonchev–Trinajstić information content (AvgIpc) is 3.16. The van der Waals surface area contributed by atoms with Crippen LogP contribution in [-0.2, 0) is 16.0 Å². The van der Waals surface area contributed by atoms with E-state index in [0.29, 0.717) is 23.5 Å². The number of ketones is 1. The van der Waals surface area contributed by atoms with Crippen LogP contribution in [0.5, 0.6) is 11.5 Å². The normalized spacial score (nSPS) is 16.7. The lowest BCUT2D eigenvalue weighted by Gasteiger charge is -2.26. The quantitative estimate of drug-likeness (QED) is 0.230. The summed E-state index contributed by atoms with van der Waals surface area (Å²) in [4.78, 5) is 30.1. The molecule has 1 N–H and O–H groups in total. The maximum Gasteiger partial charge on any atom is 0.295 e. The second-order valence-electron chi connectivity index (χ2n) is 8.92. The van der Waals surface area contributed by atoms with Crippen molar-refractivity contribution in [2.24, 2.45) is 0 Å². The smallest absolute Gasteiger partial charge is 0.295 e. The number of halogens is 1. The monoisotopic (exact) mass is 564 g/mol. The van der Waals surface area contributed by atoms with Crippen LogP contribution >= 0.6 is 15.9 Å². The fourth-order valence-corrected chi connectivity index (χ4v) is 4.73. The Balaban J connectivity index is 1.75. The molecule has 1 unspecified atom stereocenters. The van der Waals surface area contributed by atoms with Crippen LogP contribution in [0.2, 0.25) is 0 Å². The Hall–Kier alpha value is -3.78. The Labute approximate surface area is 225 Å². The number of hydrogen-bond acceptors (Lipinski definition) is 6. The van der Waals surface area contributed by atoms with Gasteiger partial charge < -0.3 is 24.4 Å². The number of anilines is 1. The molecule has 3 aromatic rings. The van der Waals surface area contributed by atoms with Gasteiger partial charge in [-0.3, -0.25) is 9.59 Å². The number of carbonyl (C=O) groups is 2. The first-order valence-electron chi connectivity index (χ1n) is 11.8. The van der Waals surface area contributed by atoms with Gasteiger partial charge in [-0.05, 0) is 53.9 Å². The maximum absolute atomic E-state index is 13.3. The molecule has 1 aliphatic rings. The van der Waals surface area contributed by atoms with E-state index in [1.165, 1.54) is 4.90 Å². The molecule has 1 heterocycles. The van der Waals surface area contributed by atoms with Gasteiger partial charge >= 0.3 is 0 Å². The molecule has 192 valence electrons. The van der Waals surface area contributed by atoms with E-state index in [-0.39, 0.29) is 17.9 Å². The summed E-state index contributed by atoms with van der Waals surface area (Å²) < 4.78 is 11.6. The number of benzene rings is 3. The molecule has 0 aromatic heterocycles. The minimum Gasteiger partial charge on any atom is -0.507 e. The number of methoxy groups -OCH3 is 2. The Morgan fingerprint density at radius 1 is 0.946 bits per heavy atom. The molecule has 0 aliphatic carbocycles. The first kappa shape index (κ1) is 26.3. The Bertz CT molecular complexity index is 1330. The first-order chi connectivity index (χ1) is 17.7. The number of rotatable bonds is 8. The zero-order valence-corrected chi connectivity index (χ0v) is 22.8. The highest BCUT2D eigenvalue weighted by Gasteiger charge is 2.45. The van der Waals surface area contributed by atoms with Crippen LogP contribution in [0.1, 0.15) is 22.7 Å².